The zero-order chi connectivity index (χ0) is 9.42. The molecule has 13 heavy (non-hydrogen) atoms. The number of anilines is 1. The third-order valence-electron chi connectivity index (χ3n) is 2.38. The second kappa shape index (κ2) is 2.87. The first-order valence-corrected chi connectivity index (χ1v) is 4.40. The van der Waals surface area contributed by atoms with Gasteiger partial charge in [0.2, 0.25) is 5.91 Å². The van der Waals surface area contributed by atoms with E-state index in [1.54, 1.807) is 18.1 Å². The Balaban J connectivity index is 2.49. The van der Waals surface area contributed by atoms with Crippen molar-refractivity contribution in [1.82, 2.24) is 4.98 Å². The van der Waals surface area contributed by atoms with Gasteiger partial charge in [-0.25, -0.2) is 4.98 Å². The van der Waals surface area contributed by atoms with Crippen LogP contribution in [0.1, 0.15) is 12.0 Å². The number of hydrogen-bond donors (Lipinski definition) is 0. The molecule has 4 heteroatoms. The number of carbonyl (C=O) groups is 1. The quantitative estimate of drug-likeness (QED) is 0.485. The highest BCUT2D eigenvalue weighted by Crippen LogP contribution is 2.22. The summed E-state index contributed by atoms with van der Waals surface area (Å²) in [5, 5.41) is 0. The smallest absolute Gasteiger partial charge is 0.228 e. The van der Waals surface area contributed by atoms with Gasteiger partial charge in [0, 0.05) is 19.7 Å². The largest absolute Gasteiger partial charge is 0.300 e. The lowest BCUT2D eigenvalue weighted by molar-refractivity contribution is -0.118. The van der Waals surface area contributed by atoms with Crippen LogP contribution in [0.5, 0.6) is 0 Å². The molecule has 1 aromatic heterocycles. The molecule has 0 atom stereocenters. The minimum atomic E-state index is 0.156. The molecule has 2 rings (SSSR count). The fraction of sp³-hybridized carbons (Fsp3) is 0.333. The summed E-state index contributed by atoms with van der Waals surface area (Å²) in [5.74, 6) is 0.978. The van der Waals surface area contributed by atoms with Gasteiger partial charge in [-0.1, -0.05) is 11.5 Å². The predicted molar refractivity (Wildman–Crippen MR) is 54.1 cm³/mol. The molecule has 0 saturated carbocycles. The van der Waals surface area contributed by atoms with Gasteiger partial charge in [-0.2, -0.15) is 0 Å². The van der Waals surface area contributed by atoms with Crippen LogP contribution in [-0.4, -0.2) is 25.8 Å². The minimum Gasteiger partial charge on any atom is -0.300 e. The molecule has 0 unspecified atom stereocenters. The Morgan fingerprint density at radius 3 is 3.08 bits per heavy atom. The number of rotatable bonds is 0. The van der Waals surface area contributed by atoms with Gasteiger partial charge in [-0.3, -0.25) is 9.69 Å². The Morgan fingerprint density at radius 2 is 2.31 bits per heavy atom. The first-order chi connectivity index (χ1) is 6.18. The van der Waals surface area contributed by atoms with Gasteiger partial charge >= 0.3 is 0 Å². The number of aryl methyl sites for hydroxylation is 1. The maximum Gasteiger partial charge on any atom is 0.228 e. The van der Waals surface area contributed by atoms with Gasteiger partial charge in [-0.15, -0.1) is 0 Å². The van der Waals surface area contributed by atoms with Crippen molar-refractivity contribution in [2.75, 3.05) is 11.9 Å². The summed E-state index contributed by atoms with van der Waals surface area (Å²) < 4.78 is 0. The number of nitrogens with zero attached hydrogens (tertiary/aromatic N) is 2. The second-order valence-electron chi connectivity index (χ2n) is 3.45. The van der Waals surface area contributed by atoms with Crippen LogP contribution >= 0.6 is 0 Å². The van der Waals surface area contributed by atoms with Crippen molar-refractivity contribution in [3.8, 4) is 0 Å². The van der Waals surface area contributed by atoms with Crippen molar-refractivity contribution in [2.45, 2.75) is 12.8 Å². The minimum absolute atomic E-state index is 0.156. The maximum absolute atomic E-state index is 11.3. The zero-order valence-corrected chi connectivity index (χ0v) is 7.87. The summed E-state index contributed by atoms with van der Waals surface area (Å²) in [4.78, 5) is 17.2. The number of hydrogen-bond acceptors (Lipinski definition) is 2. The van der Waals surface area contributed by atoms with Crippen molar-refractivity contribution in [2.24, 2.45) is 0 Å². The topological polar surface area (TPSA) is 33.2 Å². The third kappa shape index (κ3) is 1.32. The van der Waals surface area contributed by atoms with Crippen LogP contribution in [0, 0.1) is 0 Å². The first kappa shape index (κ1) is 8.29. The molecule has 0 spiro atoms. The Kier molecular flexibility index (Phi) is 1.83. The highest BCUT2D eigenvalue weighted by atomic mass is 16.2. The molecule has 1 aliphatic rings. The fourth-order valence-electron chi connectivity index (χ4n) is 1.64. The summed E-state index contributed by atoms with van der Waals surface area (Å²) in [6.07, 6.45) is 3.23. The van der Waals surface area contributed by atoms with E-state index >= 15 is 0 Å². The maximum atomic E-state index is 11.3. The van der Waals surface area contributed by atoms with E-state index in [0.717, 1.165) is 17.7 Å². The molecule has 2 heterocycles. The average molecular weight is 174 g/mol. The van der Waals surface area contributed by atoms with Gasteiger partial charge < -0.3 is 0 Å². The highest BCUT2D eigenvalue weighted by Gasteiger charge is 2.21. The van der Waals surface area contributed by atoms with Gasteiger partial charge in [0.1, 0.15) is 13.7 Å². The molecular formula is C9H11BN2O. The summed E-state index contributed by atoms with van der Waals surface area (Å²) in [7, 11) is 3.80. The van der Waals surface area contributed by atoms with E-state index in [1.807, 2.05) is 7.85 Å². The lowest BCUT2D eigenvalue weighted by Gasteiger charge is -2.24. The molecule has 1 amide bonds. The lowest BCUT2D eigenvalue weighted by Crippen LogP contribution is -2.32. The molecule has 0 aliphatic carbocycles. The SMILES string of the molecule is Bc1cnc2c(c1)CCC(=O)N2C. The van der Waals surface area contributed by atoms with Crippen molar-refractivity contribution < 1.29 is 4.79 Å². The van der Waals surface area contributed by atoms with E-state index < -0.39 is 0 Å². The van der Waals surface area contributed by atoms with Gasteiger partial charge in [0.15, 0.2) is 0 Å². The number of aromatic nitrogens is 1. The third-order valence-corrected chi connectivity index (χ3v) is 2.38. The number of pyridine rings is 1. The van der Waals surface area contributed by atoms with Crippen LogP contribution in [-0.2, 0) is 11.2 Å². The van der Waals surface area contributed by atoms with E-state index in [-0.39, 0.29) is 5.91 Å². The van der Waals surface area contributed by atoms with Crippen LogP contribution in [0.2, 0.25) is 0 Å². The lowest BCUT2D eigenvalue weighted by atomic mass is 9.94. The Labute approximate surface area is 78.2 Å². The standard InChI is InChI=1S/C9H11BN2O/c1-12-8(13)3-2-6-4-7(10)5-11-9(6)12/h4-5H,2-3,10H2,1H3. The second-order valence-corrected chi connectivity index (χ2v) is 3.45. The van der Waals surface area contributed by atoms with E-state index in [4.69, 9.17) is 0 Å². The van der Waals surface area contributed by atoms with Crippen molar-refractivity contribution in [3.63, 3.8) is 0 Å². The summed E-state index contributed by atoms with van der Waals surface area (Å²) in [6, 6.07) is 2.10. The van der Waals surface area contributed by atoms with Crippen molar-refractivity contribution in [3.05, 3.63) is 17.8 Å². The molecule has 66 valence electrons. The van der Waals surface area contributed by atoms with E-state index in [0.29, 0.717) is 6.42 Å². The van der Waals surface area contributed by atoms with E-state index in [9.17, 15) is 4.79 Å². The van der Waals surface area contributed by atoms with Crippen LogP contribution in [0.4, 0.5) is 5.82 Å². The molecule has 0 aromatic carbocycles. The van der Waals surface area contributed by atoms with Gasteiger partial charge in [0.05, 0.1) is 0 Å². The zero-order valence-electron chi connectivity index (χ0n) is 7.87. The predicted octanol–water partition coefficient (Wildman–Crippen LogP) is -0.751. The fourth-order valence-corrected chi connectivity index (χ4v) is 1.64. The highest BCUT2D eigenvalue weighted by molar-refractivity contribution is 6.32. The van der Waals surface area contributed by atoms with E-state index in [2.05, 4.69) is 11.1 Å². The molecule has 3 nitrogen and oxygen atoms in total. The van der Waals surface area contributed by atoms with Crippen LogP contribution in [0.15, 0.2) is 12.3 Å². The molecular weight excluding hydrogens is 163 g/mol. The number of amides is 1. The molecule has 1 aromatic rings. The number of fused-ring (bicyclic) bond motifs is 1. The summed E-state index contributed by atoms with van der Waals surface area (Å²) in [5.41, 5.74) is 2.34. The average Bonchev–Trinajstić information content (AvgIpc) is 2.12. The molecule has 0 radical (unpaired) electrons. The number of carbonyl (C=O) groups excluding carboxylic acids is 1. The molecule has 0 fully saturated rings. The monoisotopic (exact) mass is 174 g/mol. The normalized spacial score (nSPS) is 15.8. The van der Waals surface area contributed by atoms with Crippen LogP contribution < -0.4 is 10.4 Å². The van der Waals surface area contributed by atoms with Crippen molar-refractivity contribution in [1.29, 1.82) is 0 Å². The molecule has 0 bridgehead atoms. The van der Waals surface area contributed by atoms with Crippen LogP contribution in [0.3, 0.4) is 0 Å². The van der Waals surface area contributed by atoms with Gasteiger partial charge in [-0.05, 0) is 12.0 Å². The Hall–Kier alpha value is -1.32. The molecule has 0 N–H and O–H groups in total. The Morgan fingerprint density at radius 1 is 1.54 bits per heavy atom. The molecule has 0 saturated heterocycles. The Bertz CT molecular complexity index is 365. The van der Waals surface area contributed by atoms with Crippen molar-refractivity contribution >= 4 is 25.0 Å². The summed E-state index contributed by atoms with van der Waals surface area (Å²) >= 11 is 0. The molecule has 1 aliphatic heterocycles. The first-order valence-electron chi connectivity index (χ1n) is 4.40. The summed E-state index contributed by atoms with van der Waals surface area (Å²) in [6.45, 7) is 0. The van der Waals surface area contributed by atoms with E-state index in [1.165, 1.54) is 5.56 Å². The van der Waals surface area contributed by atoms with Gasteiger partial charge in [0.25, 0.3) is 0 Å². The van der Waals surface area contributed by atoms with Crippen LogP contribution in [0.25, 0.3) is 0 Å².